The standard InChI is InChI=1S/C15H14F2N2/c1-10-5-3-4-6-15(10)19-18-11(2)13-8-7-12(16)9-14(13)17/h3-9,19H,1-2H3/b18-11-. The molecular formula is C15H14F2N2. The first kappa shape index (κ1) is 13.2. The van der Waals surface area contributed by atoms with Crippen LogP contribution in [0.15, 0.2) is 47.6 Å². The minimum Gasteiger partial charge on any atom is -0.278 e. The van der Waals surface area contributed by atoms with Crippen molar-refractivity contribution >= 4 is 11.4 Å². The van der Waals surface area contributed by atoms with Crippen molar-refractivity contribution in [2.24, 2.45) is 5.10 Å². The maximum Gasteiger partial charge on any atom is 0.135 e. The molecule has 0 saturated carbocycles. The molecule has 0 bridgehead atoms. The van der Waals surface area contributed by atoms with Crippen LogP contribution in [0.25, 0.3) is 0 Å². The molecule has 0 radical (unpaired) electrons. The van der Waals surface area contributed by atoms with Gasteiger partial charge in [0.05, 0.1) is 11.4 Å². The summed E-state index contributed by atoms with van der Waals surface area (Å²) in [6.07, 6.45) is 0. The van der Waals surface area contributed by atoms with Gasteiger partial charge in [0.1, 0.15) is 11.6 Å². The molecule has 98 valence electrons. The third-order valence-corrected chi connectivity index (χ3v) is 2.81. The Morgan fingerprint density at radius 2 is 1.84 bits per heavy atom. The quantitative estimate of drug-likeness (QED) is 0.651. The van der Waals surface area contributed by atoms with Gasteiger partial charge < -0.3 is 0 Å². The fourth-order valence-corrected chi connectivity index (χ4v) is 1.69. The van der Waals surface area contributed by atoms with Gasteiger partial charge in [-0.2, -0.15) is 5.10 Å². The number of para-hydroxylation sites is 1. The lowest BCUT2D eigenvalue weighted by atomic mass is 10.1. The van der Waals surface area contributed by atoms with Crippen LogP contribution in [0, 0.1) is 18.6 Å². The van der Waals surface area contributed by atoms with Crippen molar-refractivity contribution in [2.75, 3.05) is 5.43 Å². The Hall–Kier alpha value is -2.23. The second-order valence-corrected chi connectivity index (χ2v) is 4.25. The Morgan fingerprint density at radius 3 is 2.53 bits per heavy atom. The van der Waals surface area contributed by atoms with E-state index in [9.17, 15) is 8.78 Å². The van der Waals surface area contributed by atoms with Crippen LogP contribution in [0.1, 0.15) is 18.1 Å². The number of nitrogens with one attached hydrogen (secondary N) is 1. The summed E-state index contributed by atoms with van der Waals surface area (Å²) in [6, 6.07) is 11.1. The van der Waals surface area contributed by atoms with Crippen LogP contribution in [-0.2, 0) is 0 Å². The third-order valence-electron chi connectivity index (χ3n) is 2.81. The van der Waals surface area contributed by atoms with Gasteiger partial charge in [-0.15, -0.1) is 0 Å². The summed E-state index contributed by atoms with van der Waals surface area (Å²) >= 11 is 0. The monoisotopic (exact) mass is 260 g/mol. The molecule has 0 unspecified atom stereocenters. The highest BCUT2D eigenvalue weighted by atomic mass is 19.1. The van der Waals surface area contributed by atoms with Gasteiger partial charge in [-0.1, -0.05) is 18.2 Å². The number of anilines is 1. The second kappa shape index (κ2) is 5.61. The van der Waals surface area contributed by atoms with Gasteiger partial charge in [0.2, 0.25) is 0 Å². The molecule has 0 amide bonds. The van der Waals surface area contributed by atoms with E-state index in [1.54, 1.807) is 6.92 Å². The molecule has 0 fully saturated rings. The molecule has 2 aromatic rings. The second-order valence-electron chi connectivity index (χ2n) is 4.25. The van der Waals surface area contributed by atoms with Crippen LogP contribution < -0.4 is 5.43 Å². The summed E-state index contributed by atoms with van der Waals surface area (Å²) in [5.41, 5.74) is 5.51. The van der Waals surface area contributed by atoms with Crippen molar-refractivity contribution in [2.45, 2.75) is 13.8 Å². The van der Waals surface area contributed by atoms with E-state index in [1.165, 1.54) is 12.1 Å². The summed E-state index contributed by atoms with van der Waals surface area (Å²) in [6.45, 7) is 3.62. The average Bonchev–Trinajstić information content (AvgIpc) is 2.37. The smallest absolute Gasteiger partial charge is 0.135 e. The van der Waals surface area contributed by atoms with E-state index in [0.717, 1.165) is 17.3 Å². The van der Waals surface area contributed by atoms with E-state index in [1.807, 2.05) is 31.2 Å². The maximum absolute atomic E-state index is 13.6. The number of halogens is 2. The topological polar surface area (TPSA) is 24.4 Å². The van der Waals surface area contributed by atoms with Gasteiger partial charge >= 0.3 is 0 Å². The molecular weight excluding hydrogens is 246 g/mol. The number of hydrazone groups is 1. The SMILES string of the molecule is C/C(=N/Nc1ccccc1C)c1ccc(F)cc1F. The van der Waals surface area contributed by atoms with Crippen molar-refractivity contribution in [3.05, 3.63) is 65.2 Å². The maximum atomic E-state index is 13.6. The molecule has 1 N–H and O–H groups in total. The Labute approximate surface area is 110 Å². The first-order chi connectivity index (χ1) is 9.08. The highest BCUT2D eigenvalue weighted by Crippen LogP contribution is 2.14. The molecule has 2 rings (SSSR count). The molecule has 19 heavy (non-hydrogen) atoms. The number of nitrogens with zero attached hydrogens (tertiary/aromatic N) is 1. The summed E-state index contributed by atoms with van der Waals surface area (Å²) in [4.78, 5) is 0. The molecule has 0 aliphatic heterocycles. The summed E-state index contributed by atoms with van der Waals surface area (Å²) in [5, 5.41) is 4.12. The Kier molecular flexibility index (Phi) is 3.90. The van der Waals surface area contributed by atoms with Gasteiger partial charge in [0, 0.05) is 11.6 Å². The minimum absolute atomic E-state index is 0.280. The lowest BCUT2D eigenvalue weighted by Gasteiger charge is -2.07. The zero-order valence-electron chi connectivity index (χ0n) is 10.7. The Bertz CT molecular complexity index is 621. The van der Waals surface area contributed by atoms with Crippen LogP contribution in [0.3, 0.4) is 0 Å². The number of hydrogen-bond acceptors (Lipinski definition) is 2. The molecule has 4 heteroatoms. The van der Waals surface area contributed by atoms with E-state index in [2.05, 4.69) is 10.5 Å². The van der Waals surface area contributed by atoms with Crippen molar-refractivity contribution in [1.29, 1.82) is 0 Å². The molecule has 0 aromatic heterocycles. The number of hydrogen-bond donors (Lipinski definition) is 1. The average molecular weight is 260 g/mol. The van der Waals surface area contributed by atoms with Gasteiger partial charge in [-0.3, -0.25) is 5.43 Å². The lowest BCUT2D eigenvalue weighted by molar-refractivity contribution is 0.581. The normalized spacial score (nSPS) is 11.5. The number of benzene rings is 2. The van der Waals surface area contributed by atoms with Gasteiger partial charge in [-0.05, 0) is 37.6 Å². The molecule has 0 saturated heterocycles. The lowest BCUT2D eigenvalue weighted by Crippen LogP contribution is -2.03. The van der Waals surface area contributed by atoms with Crippen LogP contribution >= 0.6 is 0 Å². The summed E-state index contributed by atoms with van der Waals surface area (Å²) in [5.74, 6) is -1.21. The zero-order valence-corrected chi connectivity index (χ0v) is 10.7. The van der Waals surface area contributed by atoms with Crippen molar-refractivity contribution in [3.63, 3.8) is 0 Å². The Balaban J connectivity index is 2.22. The fourth-order valence-electron chi connectivity index (χ4n) is 1.69. The van der Waals surface area contributed by atoms with Gasteiger partial charge in [0.25, 0.3) is 0 Å². The van der Waals surface area contributed by atoms with E-state index in [-0.39, 0.29) is 5.56 Å². The molecule has 0 aliphatic rings. The predicted octanol–water partition coefficient (Wildman–Crippen LogP) is 4.11. The minimum atomic E-state index is -0.618. The van der Waals surface area contributed by atoms with Crippen LogP contribution in [0.2, 0.25) is 0 Å². The van der Waals surface area contributed by atoms with Crippen molar-refractivity contribution < 1.29 is 8.78 Å². The van der Waals surface area contributed by atoms with Crippen LogP contribution in [-0.4, -0.2) is 5.71 Å². The van der Waals surface area contributed by atoms with Gasteiger partial charge in [0.15, 0.2) is 0 Å². The van der Waals surface area contributed by atoms with Crippen LogP contribution in [0.4, 0.5) is 14.5 Å². The summed E-state index contributed by atoms with van der Waals surface area (Å²) < 4.78 is 26.4. The van der Waals surface area contributed by atoms with E-state index in [4.69, 9.17) is 0 Å². The number of rotatable bonds is 3. The summed E-state index contributed by atoms with van der Waals surface area (Å²) in [7, 11) is 0. The molecule has 0 aliphatic carbocycles. The van der Waals surface area contributed by atoms with E-state index < -0.39 is 11.6 Å². The molecule has 0 heterocycles. The van der Waals surface area contributed by atoms with E-state index in [0.29, 0.717) is 5.71 Å². The first-order valence-corrected chi connectivity index (χ1v) is 5.89. The molecule has 2 nitrogen and oxygen atoms in total. The molecule has 0 atom stereocenters. The highest BCUT2D eigenvalue weighted by Gasteiger charge is 2.06. The van der Waals surface area contributed by atoms with Crippen LogP contribution in [0.5, 0.6) is 0 Å². The fraction of sp³-hybridized carbons (Fsp3) is 0.133. The molecule has 2 aromatic carbocycles. The first-order valence-electron chi connectivity index (χ1n) is 5.89. The van der Waals surface area contributed by atoms with E-state index >= 15 is 0 Å². The Morgan fingerprint density at radius 1 is 1.11 bits per heavy atom. The van der Waals surface area contributed by atoms with Crippen molar-refractivity contribution in [3.8, 4) is 0 Å². The largest absolute Gasteiger partial charge is 0.278 e. The highest BCUT2D eigenvalue weighted by molar-refractivity contribution is 5.99. The van der Waals surface area contributed by atoms with Crippen molar-refractivity contribution in [1.82, 2.24) is 0 Å². The predicted molar refractivity (Wildman–Crippen MR) is 73.4 cm³/mol. The zero-order chi connectivity index (χ0) is 13.8. The molecule has 0 spiro atoms. The number of aryl methyl sites for hydroxylation is 1. The van der Waals surface area contributed by atoms with Gasteiger partial charge in [-0.25, -0.2) is 8.78 Å². The third kappa shape index (κ3) is 3.16.